The van der Waals surface area contributed by atoms with Crippen molar-refractivity contribution in [2.75, 3.05) is 19.7 Å². The summed E-state index contributed by atoms with van der Waals surface area (Å²) >= 11 is 0. The molecule has 1 aliphatic heterocycles. The third kappa shape index (κ3) is 3.14. The van der Waals surface area contributed by atoms with Gasteiger partial charge in [-0.25, -0.2) is 0 Å². The normalized spacial score (nSPS) is 21.9. The smallest absolute Gasteiger partial charge is 0.246 e. The van der Waals surface area contributed by atoms with Crippen LogP contribution in [-0.2, 0) is 9.53 Å². The van der Waals surface area contributed by atoms with Crippen molar-refractivity contribution in [3.63, 3.8) is 0 Å². The third-order valence-electron chi connectivity index (χ3n) is 2.32. The Hall–Kier alpha value is -0.830. The predicted octanol–water partition coefficient (Wildman–Crippen LogP) is 1.59. The molecule has 1 unspecified atom stereocenters. The van der Waals surface area contributed by atoms with E-state index in [1.807, 2.05) is 18.7 Å². The van der Waals surface area contributed by atoms with Gasteiger partial charge in [-0.3, -0.25) is 4.79 Å². The van der Waals surface area contributed by atoms with Gasteiger partial charge >= 0.3 is 0 Å². The summed E-state index contributed by atoms with van der Waals surface area (Å²) in [4.78, 5) is 13.5. The van der Waals surface area contributed by atoms with Crippen molar-refractivity contribution < 1.29 is 9.53 Å². The fourth-order valence-corrected chi connectivity index (χ4v) is 1.50. The van der Waals surface area contributed by atoms with Gasteiger partial charge in [-0.1, -0.05) is 12.5 Å². The van der Waals surface area contributed by atoms with Crippen LogP contribution in [0.15, 0.2) is 11.6 Å². The van der Waals surface area contributed by atoms with Gasteiger partial charge in [0.25, 0.3) is 0 Å². The largest absolute Gasteiger partial charge is 0.375 e. The first kappa shape index (κ1) is 11.2. The quantitative estimate of drug-likeness (QED) is 0.629. The van der Waals surface area contributed by atoms with Gasteiger partial charge in [0.2, 0.25) is 5.91 Å². The highest BCUT2D eigenvalue weighted by atomic mass is 16.5. The molecular formula is C11H19NO2. The number of carbonyl (C=O) groups is 1. The summed E-state index contributed by atoms with van der Waals surface area (Å²) in [6, 6.07) is 0. The zero-order valence-corrected chi connectivity index (χ0v) is 9.25. The lowest BCUT2D eigenvalue weighted by Crippen LogP contribution is -2.44. The van der Waals surface area contributed by atoms with Crippen molar-refractivity contribution in [3.8, 4) is 0 Å². The fourth-order valence-electron chi connectivity index (χ4n) is 1.50. The Bertz CT molecular complexity index is 231. The SMILES string of the molecule is CCC1CN(C(=O)C=C(C)C)CCO1. The lowest BCUT2D eigenvalue weighted by Gasteiger charge is -2.31. The van der Waals surface area contributed by atoms with Crippen molar-refractivity contribution in [3.05, 3.63) is 11.6 Å². The van der Waals surface area contributed by atoms with Crippen LogP contribution in [0.25, 0.3) is 0 Å². The highest BCUT2D eigenvalue weighted by Gasteiger charge is 2.21. The lowest BCUT2D eigenvalue weighted by atomic mass is 10.2. The molecule has 0 aromatic carbocycles. The van der Waals surface area contributed by atoms with Gasteiger partial charge in [0.1, 0.15) is 0 Å². The van der Waals surface area contributed by atoms with Gasteiger partial charge in [0, 0.05) is 19.2 Å². The third-order valence-corrected chi connectivity index (χ3v) is 2.32. The molecule has 0 aliphatic carbocycles. The van der Waals surface area contributed by atoms with Crippen LogP contribution in [0.2, 0.25) is 0 Å². The van der Waals surface area contributed by atoms with Crippen LogP contribution in [0.5, 0.6) is 0 Å². The van der Waals surface area contributed by atoms with Crippen molar-refractivity contribution in [1.82, 2.24) is 4.90 Å². The summed E-state index contributed by atoms with van der Waals surface area (Å²) in [7, 11) is 0. The average molecular weight is 197 g/mol. The van der Waals surface area contributed by atoms with Crippen LogP contribution >= 0.6 is 0 Å². The van der Waals surface area contributed by atoms with Crippen molar-refractivity contribution in [2.24, 2.45) is 0 Å². The molecule has 0 aromatic heterocycles. The van der Waals surface area contributed by atoms with E-state index in [2.05, 4.69) is 6.92 Å². The molecule has 0 spiro atoms. The second-order valence-electron chi connectivity index (χ2n) is 3.91. The first-order valence-electron chi connectivity index (χ1n) is 5.19. The molecule has 80 valence electrons. The Kier molecular flexibility index (Phi) is 4.14. The van der Waals surface area contributed by atoms with Crippen LogP contribution in [0, 0.1) is 0 Å². The maximum absolute atomic E-state index is 11.7. The molecule has 1 aliphatic rings. The van der Waals surface area contributed by atoms with Crippen LogP contribution in [0.3, 0.4) is 0 Å². The summed E-state index contributed by atoms with van der Waals surface area (Å²) in [5, 5.41) is 0. The maximum Gasteiger partial charge on any atom is 0.246 e. The molecule has 0 N–H and O–H groups in total. The van der Waals surface area contributed by atoms with Crippen LogP contribution in [0.4, 0.5) is 0 Å². The number of rotatable bonds is 2. The van der Waals surface area contributed by atoms with E-state index in [0.717, 1.165) is 25.1 Å². The van der Waals surface area contributed by atoms with Crippen molar-refractivity contribution >= 4 is 5.91 Å². The number of hydrogen-bond acceptors (Lipinski definition) is 2. The molecule has 1 saturated heterocycles. The number of hydrogen-bond donors (Lipinski definition) is 0. The Morgan fingerprint density at radius 3 is 2.86 bits per heavy atom. The predicted molar refractivity (Wildman–Crippen MR) is 56.0 cm³/mol. The monoisotopic (exact) mass is 197 g/mol. The van der Waals surface area contributed by atoms with Crippen LogP contribution in [-0.4, -0.2) is 36.6 Å². The molecule has 0 bridgehead atoms. The van der Waals surface area contributed by atoms with E-state index in [4.69, 9.17) is 4.74 Å². The molecule has 1 heterocycles. The Labute approximate surface area is 85.7 Å². The van der Waals surface area contributed by atoms with Crippen molar-refractivity contribution in [1.29, 1.82) is 0 Å². The molecule has 0 saturated carbocycles. The topological polar surface area (TPSA) is 29.5 Å². The molecule has 3 heteroatoms. The summed E-state index contributed by atoms with van der Waals surface area (Å²) in [5.41, 5.74) is 1.05. The van der Waals surface area contributed by atoms with Gasteiger partial charge < -0.3 is 9.64 Å². The van der Waals surface area contributed by atoms with Gasteiger partial charge in [0.15, 0.2) is 0 Å². The molecular weight excluding hydrogens is 178 g/mol. The number of allylic oxidation sites excluding steroid dienone is 1. The zero-order valence-electron chi connectivity index (χ0n) is 9.25. The highest BCUT2D eigenvalue weighted by molar-refractivity contribution is 5.88. The number of morpholine rings is 1. The molecule has 0 aromatic rings. The standard InChI is InChI=1S/C11H19NO2/c1-4-10-8-12(5-6-14-10)11(13)7-9(2)3/h7,10H,4-6,8H2,1-3H3. The second kappa shape index (κ2) is 5.15. The van der Waals surface area contributed by atoms with Gasteiger partial charge in [-0.05, 0) is 20.3 Å². The molecule has 3 nitrogen and oxygen atoms in total. The second-order valence-corrected chi connectivity index (χ2v) is 3.91. The molecule has 1 amide bonds. The Morgan fingerprint density at radius 2 is 2.29 bits per heavy atom. The average Bonchev–Trinajstić information content (AvgIpc) is 2.17. The fraction of sp³-hybridized carbons (Fsp3) is 0.727. The first-order chi connectivity index (χ1) is 6.63. The van der Waals surface area contributed by atoms with E-state index in [-0.39, 0.29) is 12.0 Å². The van der Waals surface area contributed by atoms with E-state index in [9.17, 15) is 4.79 Å². The van der Waals surface area contributed by atoms with E-state index in [0.29, 0.717) is 6.61 Å². The minimum Gasteiger partial charge on any atom is -0.375 e. The minimum absolute atomic E-state index is 0.117. The Balaban J connectivity index is 2.51. The summed E-state index contributed by atoms with van der Waals surface area (Å²) in [5.74, 6) is 0.117. The summed E-state index contributed by atoms with van der Waals surface area (Å²) < 4.78 is 5.50. The molecule has 14 heavy (non-hydrogen) atoms. The van der Waals surface area contributed by atoms with Gasteiger partial charge in [-0.2, -0.15) is 0 Å². The first-order valence-corrected chi connectivity index (χ1v) is 5.19. The number of nitrogens with zero attached hydrogens (tertiary/aromatic N) is 1. The highest BCUT2D eigenvalue weighted by Crippen LogP contribution is 2.09. The molecule has 0 radical (unpaired) electrons. The maximum atomic E-state index is 11.7. The molecule has 1 atom stereocenters. The van der Waals surface area contributed by atoms with E-state index >= 15 is 0 Å². The van der Waals surface area contributed by atoms with Crippen LogP contribution in [0.1, 0.15) is 27.2 Å². The van der Waals surface area contributed by atoms with Crippen LogP contribution < -0.4 is 0 Å². The zero-order chi connectivity index (χ0) is 10.6. The van der Waals surface area contributed by atoms with E-state index in [1.54, 1.807) is 6.08 Å². The van der Waals surface area contributed by atoms with E-state index < -0.39 is 0 Å². The number of amides is 1. The molecule has 1 fully saturated rings. The van der Waals surface area contributed by atoms with Gasteiger partial charge in [-0.15, -0.1) is 0 Å². The Morgan fingerprint density at radius 1 is 1.57 bits per heavy atom. The number of carbonyl (C=O) groups excluding carboxylic acids is 1. The van der Waals surface area contributed by atoms with E-state index in [1.165, 1.54) is 0 Å². The minimum atomic E-state index is 0.117. The van der Waals surface area contributed by atoms with Gasteiger partial charge in [0.05, 0.1) is 12.7 Å². The summed E-state index contributed by atoms with van der Waals surface area (Å²) in [6.07, 6.45) is 2.88. The lowest BCUT2D eigenvalue weighted by molar-refractivity contribution is -0.133. The van der Waals surface area contributed by atoms with Crippen molar-refractivity contribution in [2.45, 2.75) is 33.3 Å². The number of ether oxygens (including phenoxy) is 1. The summed E-state index contributed by atoms with van der Waals surface area (Å²) in [6.45, 7) is 8.09. The molecule has 1 rings (SSSR count).